The van der Waals surface area contributed by atoms with Gasteiger partial charge >= 0.3 is 0 Å². The molecule has 1 aromatic heterocycles. The Hall–Kier alpha value is -1.14. The van der Waals surface area contributed by atoms with Gasteiger partial charge in [-0.1, -0.05) is 24.0 Å². The van der Waals surface area contributed by atoms with Gasteiger partial charge in [-0.2, -0.15) is 5.10 Å². The summed E-state index contributed by atoms with van der Waals surface area (Å²) < 4.78 is 2.50. The lowest BCUT2D eigenvalue weighted by molar-refractivity contribution is -0.121. The van der Waals surface area contributed by atoms with Gasteiger partial charge in [-0.3, -0.25) is 14.4 Å². The van der Waals surface area contributed by atoms with Crippen LogP contribution in [0.2, 0.25) is 0 Å². The van der Waals surface area contributed by atoms with E-state index in [0.717, 1.165) is 17.8 Å². The molecule has 1 saturated heterocycles. The highest BCUT2D eigenvalue weighted by Crippen LogP contribution is 2.32. The summed E-state index contributed by atoms with van der Waals surface area (Å²) in [5.41, 5.74) is 1.91. The lowest BCUT2D eigenvalue weighted by atomic mass is 10.2. The lowest BCUT2D eigenvalue weighted by Crippen LogP contribution is -2.27. The van der Waals surface area contributed by atoms with Crippen molar-refractivity contribution in [2.24, 2.45) is 0 Å². The van der Waals surface area contributed by atoms with Crippen LogP contribution in [0.25, 0.3) is 6.08 Å². The molecule has 0 N–H and O–H groups in total. The van der Waals surface area contributed by atoms with Crippen LogP contribution in [-0.4, -0.2) is 31.5 Å². The van der Waals surface area contributed by atoms with E-state index in [0.29, 0.717) is 15.8 Å². The third-order valence-corrected chi connectivity index (χ3v) is 4.16. The molecular formula is C12H15N3OS2. The third-order valence-electron chi connectivity index (χ3n) is 2.78. The van der Waals surface area contributed by atoms with Gasteiger partial charge in [-0.15, -0.1) is 0 Å². The average molecular weight is 281 g/mol. The number of carbonyl (C=O) groups is 1. The Morgan fingerprint density at radius 1 is 1.44 bits per heavy atom. The number of thioether (sulfide) groups is 1. The number of nitrogens with zero attached hydrogens (tertiary/aromatic N) is 3. The van der Waals surface area contributed by atoms with Gasteiger partial charge in [0, 0.05) is 24.8 Å². The first kappa shape index (κ1) is 13.3. The molecule has 4 nitrogen and oxygen atoms in total. The Balaban J connectivity index is 2.31. The average Bonchev–Trinajstić information content (AvgIpc) is 2.82. The Bertz CT molecular complexity index is 533. The second-order valence-corrected chi connectivity index (χ2v) is 5.63. The summed E-state index contributed by atoms with van der Waals surface area (Å²) in [4.78, 5) is 14.4. The predicted octanol–water partition coefficient (Wildman–Crippen LogP) is 2.43. The van der Waals surface area contributed by atoms with E-state index in [2.05, 4.69) is 5.10 Å². The summed E-state index contributed by atoms with van der Waals surface area (Å²) in [7, 11) is 0. The van der Waals surface area contributed by atoms with Crippen LogP contribution in [0.4, 0.5) is 0 Å². The predicted molar refractivity (Wildman–Crippen MR) is 78.2 cm³/mol. The number of aromatic nitrogens is 2. The van der Waals surface area contributed by atoms with Gasteiger partial charge in [0.1, 0.15) is 4.32 Å². The van der Waals surface area contributed by atoms with Crippen LogP contribution in [0.15, 0.2) is 11.1 Å². The normalized spacial score (nSPS) is 18.2. The Kier molecular flexibility index (Phi) is 3.87. The summed E-state index contributed by atoms with van der Waals surface area (Å²) in [6.07, 6.45) is 3.83. The van der Waals surface area contributed by atoms with Gasteiger partial charge < -0.3 is 0 Å². The molecule has 0 radical (unpaired) electrons. The molecular weight excluding hydrogens is 266 g/mol. The van der Waals surface area contributed by atoms with Crippen molar-refractivity contribution < 1.29 is 4.79 Å². The van der Waals surface area contributed by atoms with E-state index in [1.807, 2.05) is 37.7 Å². The fraction of sp³-hybridized carbons (Fsp3) is 0.417. The molecule has 0 saturated carbocycles. The fourth-order valence-corrected chi connectivity index (χ4v) is 3.13. The SMILES string of the molecule is CCN1C(=O)C(=Cc2cn(CC)nc2C)SC1=S. The first-order chi connectivity index (χ1) is 8.56. The summed E-state index contributed by atoms with van der Waals surface area (Å²) in [5.74, 6) is -0.00357. The number of rotatable bonds is 3. The highest BCUT2D eigenvalue weighted by molar-refractivity contribution is 8.26. The van der Waals surface area contributed by atoms with E-state index in [-0.39, 0.29) is 5.91 Å². The highest BCUT2D eigenvalue weighted by Gasteiger charge is 2.30. The van der Waals surface area contributed by atoms with Crippen molar-refractivity contribution in [2.45, 2.75) is 27.3 Å². The van der Waals surface area contributed by atoms with E-state index in [4.69, 9.17) is 12.2 Å². The van der Waals surface area contributed by atoms with Gasteiger partial charge in [0.05, 0.1) is 10.6 Å². The van der Waals surface area contributed by atoms with Crippen LogP contribution in [0.3, 0.4) is 0 Å². The number of amides is 1. The van der Waals surface area contributed by atoms with E-state index in [9.17, 15) is 4.79 Å². The minimum atomic E-state index is -0.00357. The number of hydrogen-bond acceptors (Lipinski definition) is 4. The Labute approximate surface area is 116 Å². The van der Waals surface area contributed by atoms with E-state index in [1.54, 1.807) is 4.90 Å². The maximum atomic E-state index is 12.1. The first-order valence-corrected chi connectivity index (χ1v) is 7.08. The van der Waals surface area contributed by atoms with Gasteiger partial charge in [-0.25, -0.2) is 0 Å². The second-order valence-electron chi connectivity index (χ2n) is 3.95. The fourth-order valence-electron chi connectivity index (χ4n) is 1.75. The molecule has 1 aromatic rings. The maximum absolute atomic E-state index is 12.1. The number of hydrogen-bond donors (Lipinski definition) is 0. The molecule has 0 bridgehead atoms. The van der Waals surface area contributed by atoms with Crippen molar-refractivity contribution in [1.82, 2.24) is 14.7 Å². The molecule has 1 fully saturated rings. The van der Waals surface area contributed by atoms with Gasteiger partial charge in [0.2, 0.25) is 0 Å². The molecule has 6 heteroatoms. The number of likely N-dealkylation sites (N-methyl/N-ethyl adjacent to an activating group) is 1. The summed E-state index contributed by atoms with van der Waals surface area (Å²) in [6, 6.07) is 0. The third kappa shape index (κ3) is 2.35. The van der Waals surface area contributed by atoms with Crippen LogP contribution < -0.4 is 0 Å². The molecule has 2 rings (SSSR count). The van der Waals surface area contributed by atoms with Crippen molar-refractivity contribution in [2.75, 3.05) is 6.54 Å². The van der Waals surface area contributed by atoms with E-state index >= 15 is 0 Å². The zero-order valence-corrected chi connectivity index (χ0v) is 12.3. The van der Waals surface area contributed by atoms with E-state index in [1.165, 1.54) is 11.8 Å². The zero-order valence-electron chi connectivity index (χ0n) is 10.6. The van der Waals surface area contributed by atoms with Crippen molar-refractivity contribution in [1.29, 1.82) is 0 Å². The van der Waals surface area contributed by atoms with Gasteiger partial charge in [0.15, 0.2) is 0 Å². The molecule has 18 heavy (non-hydrogen) atoms. The second kappa shape index (κ2) is 5.24. The molecule has 1 amide bonds. The maximum Gasteiger partial charge on any atom is 0.266 e. The van der Waals surface area contributed by atoms with E-state index < -0.39 is 0 Å². The number of carbonyl (C=O) groups excluding carboxylic acids is 1. The summed E-state index contributed by atoms with van der Waals surface area (Å²) in [5, 5.41) is 4.36. The Morgan fingerprint density at radius 2 is 2.17 bits per heavy atom. The quantitative estimate of drug-likeness (QED) is 0.630. The minimum absolute atomic E-state index is 0.00357. The van der Waals surface area contributed by atoms with Crippen molar-refractivity contribution in [3.8, 4) is 0 Å². The minimum Gasteiger partial charge on any atom is -0.293 e. The van der Waals surface area contributed by atoms with Crippen molar-refractivity contribution >= 4 is 40.3 Å². The molecule has 0 unspecified atom stereocenters. The van der Waals surface area contributed by atoms with Crippen LogP contribution >= 0.6 is 24.0 Å². The zero-order chi connectivity index (χ0) is 13.3. The van der Waals surface area contributed by atoms with Crippen LogP contribution in [0.1, 0.15) is 25.1 Å². The van der Waals surface area contributed by atoms with Crippen LogP contribution in [0.5, 0.6) is 0 Å². The number of thiocarbonyl (C=S) groups is 1. The van der Waals surface area contributed by atoms with Gasteiger partial charge in [-0.05, 0) is 26.8 Å². The van der Waals surface area contributed by atoms with Crippen LogP contribution in [-0.2, 0) is 11.3 Å². The molecule has 0 atom stereocenters. The highest BCUT2D eigenvalue weighted by atomic mass is 32.2. The van der Waals surface area contributed by atoms with Crippen LogP contribution in [0, 0.1) is 6.92 Å². The number of aryl methyl sites for hydroxylation is 2. The molecule has 2 heterocycles. The molecule has 1 aliphatic heterocycles. The molecule has 0 aliphatic carbocycles. The standard InChI is InChI=1S/C12H15N3OS2/c1-4-14-7-9(8(3)13-14)6-10-11(16)15(5-2)12(17)18-10/h6-7H,4-5H2,1-3H3. The topological polar surface area (TPSA) is 38.1 Å². The summed E-state index contributed by atoms with van der Waals surface area (Å²) >= 11 is 6.54. The van der Waals surface area contributed by atoms with Gasteiger partial charge in [0.25, 0.3) is 5.91 Å². The molecule has 0 spiro atoms. The molecule has 96 valence electrons. The monoisotopic (exact) mass is 281 g/mol. The van der Waals surface area contributed by atoms with Crippen molar-refractivity contribution in [3.05, 3.63) is 22.4 Å². The molecule has 0 aromatic carbocycles. The largest absolute Gasteiger partial charge is 0.293 e. The Morgan fingerprint density at radius 3 is 2.67 bits per heavy atom. The first-order valence-electron chi connectivity index (χ1n) is 5.86. The smallest absolute Gasteiger partial charge is 0.266 e. The molecule has 1 aliphatic rings. The van der Waals surface area contributed by atoms with Crippen molar-refractivity contribution in [3.63, 3.8) is 0 Å². The lowest BCUT2D eigenvalue weighted by Gasteiger charge is -2.09. The summed E-state index contributed by atoms with van der Waals surface area (Å²) in [6.45, 7) is 7.35.